The van der Waals surface area contributed by atoms with Crippen LogP contribution in [-0.2, 0) is 10.3 Å². The van der Waals surface area contributed by atoms with Gasteiger partial charge in [-0.25, -0.2) is 4.39 Å². The molecule has 0 aliphatic carbocycles. The summed E-state index contributed by atoms with van der Waals surface area (Å²) < 4.78 is 14.3. The number of rotatable bonds is 4. The highest BCUT2D eigenvalue weighted by Crippen LogP contribution is 2.55. The zero-order chi connectivity index (χ0) is 23.3. The van der Waals surface area contributed by atoms with Gasteiger partial charge in [0.15, 0.2) is 5.78 Å². The molecule has 3 aromatic carbocycles. The second-order valence-electron chi connectivity index (χ2n) is 8.45. The van der Waals surface area contributed by atoms with E-state index in [9.17, 15) is 24.1 Å². The smallest absolute Gasteiger partial charge is 0.269 e. The molecule has 1 N–H and O–H groups in total. The molecule has 0 bridgehead atoms. The molecule has 0 radical (unpaired) electrons. The fourth-order valence-corrected chi connectivity index (χ4v) is 5.34. The fraction of sp³-hybridized carbons (Fsp3) is 0.200. The van der Waals surface area contributed by atoms with Crippen LogP contribution in [0.4, 0.5) is 15.8 Å². The maximum absolute atomic E-state index is 14.3. The lowest BCUT2D eigenvalue weighted by molar-refractivity contribution is -0.384. The minimum absolute atomic E-state index is 0.0585. The maximum Gasteiger partial charge on any atom is 0.269 e. The summed E-state index contributed by atoms with van der Waals surface area (Å²) in [5.41, 5.74) is 0.587. The van der Waals surface area contributed by atoms with E-state index in [2.05, 4.69) is 5.32 Å². The third-order valence-corrected chi connectivity index (χ3v) is 6.78. The Bertz CT molecular complexity index is 1280. The fourth-order valence-electron chi connectivity index (χ4n) is 5.34. The normalized spacial score (nSPS) is 24.0. The van der Waals surface area contributed by atoms with E-state index < -0.39 is 28.1 Å². The summed E-state index contributed by atoms with van der Waals surface area (Å²) in [7, 11) is 1.75. The van der Waals surface area contributed by atoms with E-state index in [-0.39, 0.29) is 17.4 Å². The monoisotopic (exact) mass is 445 g/mol. The summed E-state index contributed by atoms with van der Waals surface area (Å²) in [6.45, 7) is 0.338. The molecule has 2 aliphatic heterocycles. The van der Waals surface area contributed by atoms with Gasteiger partial charge in [0, 0.05) is 41.4 Å². The number of ketones is 1. The Morgan fingerprint density at radius 3 is 2.48 bits per heavy atom. The molecule has 2 heterocycles. The van der Waals surface area contributed by atoms with E-state index >= 15 is 0 Å². The minimum Gasteiger partial charge on any atom is -0.324 e. The number of nitro groups is 1. The van der Waals surface area contributed by atoms with Crippen molar-refractivity contribution in [3.63, 3.8) is 0 Å². The number of carbonyl (C=O) groups excluding carboxylic acids is 2. The maximum atomic E-state index is 14.3. The van der Waals surface area contributed by atoms with Crippen LogP contribution in [-0.4, -0.2) is 35.1 Å². The zero-order valence-corrected chi connectivity index (χ0v) is 17.7. The number of anilines is 1. The predicted molar refractivity (Wildman–Crippen MR) is 119 cm³/mol. The van der Waals surface area contributed by atoms with Crippen LogP contribution in [0.5, 0.6) is 0 Å². The molecule has 1 spiro atoms. The van der Waals surface area contributed by atoms with Crippen LogP contribution < -0.4 is 5.32 Å². The highest BCUT2D eigenvalue weighted by Gasteiger charge is 2.64. The Labute approximate surface area is 189 Å². The van der Waals surface area contributed by atoms with Crippen molar-refractivity contribution in [3.05, 3.63) is 105 Å². The summed E-state index contributed by atoms with van der Waals surface area (Å²) >= 11 is 0. The van der Waals surface area contributed by atoms with Crippen LogP contribution in [0.3, 0.4) is 0 Å². The molecule has 5 rings (SSSR count). The highest BCUT2D eigenvalue weighted by molar-refractivity contribution is 6.12. The molecule has 1 saturated heterocycles. The average Bonchev–Trinajstić information content (AvgIpc) is 3.29. The van der Waals surface area contributed by atoms with Gasteiger partial charge in [-0.05, 0) is 30.8 Å². The van der Waals surface area contributed by atoms with Gasteiger partial charge in [0.25, 0.3) is 5.69 Å². The topological polar surface area (TPSA) is 92.5 Å². The first kappa shape index (κ1) is 21.0. The predicted octanol–water partition coefficient (Wildman–Crippen LogP) is 4.11. The van der Waals surface area contributed by atoms with Crippen molar-refractivity contribution in [2.45, 2.75) is 11.5 Å². The van der Waals surface area contributed by atoms with Crippen LogP contribution in [0.2, 0.25) is 0 Å². The summed E-state index contributed by atoms with van der Waals surface area (Å²) in [6, 6.07) is 18.8. The van der Waals surface area contributed by atoms with E-state index in [0.717, 1.165) is 0 Å². The van der Waals surface area contributed by atoms with Gasteiger partial charge >= 0.3 is 0 Å². The first-order valence-electron chi connectivity index (χ1n) is 10.5. The van der Waals surface area contributed by atoms with Crippen molar-refractivity contribution in [3.8, 4) is 0 Å². The number of hydrogen-bond donors (Lipinski definition) is 1. The molecule has 3 aromatic rings. The van der Waals surface area contributed by atoms with Gasteiger partial charge in [0.1, 0.15) is 11.4 Å². The van der Waals surface area contributed by atoms with Gasteiger partial charge in [-0.15, -0.1) is 0 Å². The Kier molecular flexibility index (Phi) is 4.83. The van der Waals surface area contributed by atoms with Crippen LogP contribution >= 0.6 is 0 Å². The first-order valence-corrected chi connectivity index (χ1v) is 10.5. The molecule has 33 heavy (non-hydrogen) atoms. The number of fused-ring (bicyclic) bond motifs is 2. The van der Waals surface area contributed by atoms with E-state index in [4.69, 9.17) is 0 Å². The summed E-state index contributed by atoms with van der Waals surface area (Å²) in [5.74, 6) is -2.43. The lowest BCUT2D eigenvalue weighted by Crippen LogP contribution is -2.51. The number of hydrogen-bond acceptors (Lipinski definition) is 5. The largest absolute Gasteiger partial charge is 0.324 e. The number of carbonyl (C=O) groups is 2. The number of likely N-dealkylation sites (tertiary alicyclic amines) is 1. The lowest BCUT2D eigenvalue weighted by Gasteiger charge is -2.35. The molecule has 1 fully saturated rings. The molecule has 0 saturated carbocycles. The van der Waals surface area contributed by atoms with E-state index in [1.54, 1.807) is 54.4 Å². The van der Waals surface area contributed by atoms with Crippen molar-refractivity contribution >= 4 is 23.1 Å². The van der Waals surface area contributed by atoms with Crippen molar-refractivity contribution in [1.82, 2.24) is 4.90 Å². The van der Waals surface area contributed by atoms with E-state index in [1.807, 2.05) is 0 Å². The van der Waals surface area contributed by atoms with Crippen molar-refractivity contribution in [1.29, 1.82) is 0 Å². The summed E-state index contributed by atoms with van der Waals surface area (Å²) in [5, 5.41) is 13.9. The van der Waals surface area contributed by atoms with Crippen molar-refractivity contribution < 1.29 is 18.9 Å². The average molecular weight is 445 g/mol. The Morgan fingerprint density at radius 2 is 1.82 bits per heavy atom. The highest BCUT2D eigenvalue weighted by atomic mass is 19.1. The van der Waals surface area contributed by atoms with Crippen LogP contribution in [0.1, 0.15) is 27.4 Å². The number of Topliss-reactive ketones (excluding diaryl/α,β-unsaturated/α-hetero) is 1. The van der Waals surface area contributed by atoms with Gasteiger partial charge in [-0.3, -0.25) is 24.6 Å². The van der Waals surface area contributed by atoms with E-state index in [0.29, 0.717) is 28.9 Å². The molecule has 2 aliphatic rings. The van der Waals surface area contributed by atoms with Gasteiger partial charge in [0.05, 0.1) is 10.8 Å². The minimum atomic E-state index is -1.41. The summed E-state index contributed by atoms with van der Waals surface area (Å²) in [4.78, 5) is 39.9. The number of nitrogens with zero attached hydrogens (tertiary/aromatic N) is 2. The number of non-ortho nitro benzene ring substituents is 1. The number of amides is 1. The number of nitro benzene ring substituents is 1. The van der Waals surface area contributed by atoms with Crippen molar-refractivity contribution in [2.24, 2.45) is 5.92 Å². The SMILES string of the molecule is CN1C[C@@H](c2ccc([N+](=O)[O-])cc2)[C@H](C(=O)c2ccccc2)[C@]12C(=O)Nc1ccc(F)cc12. The molecule has 0 unspecified atom stereocenters. The Hall–Kier alpha value is -3.91. The molecule has 7 nitrogen and oxygen atoms in total. The first-order chi connectivity index (χ1) is 15.8. The Balaban J connectivity index is 1.71. The molecule has 166 valence electrons. The number of nitrogens with one attached hydrogen (secondary N) is 1. The number of likely N-dealkylation sites (N-methyl/N-ethyl adjacent to an activating group) is 1. The summed E-state index contributed by atoms with van der Waals surface area (Å²) in [6.07, 6.45) is 0. The molecular formula is C25H20FN3O4. The quantitative estimate of drug-likeness (QED) is 0.371. The van der Waals surface area contributed by atoms with E-state index in [1.165, 1.54) is 30.3 Å². The number of halogens is 1. The van der Waals surface area contributed by atoms with Gasteiger partial charge in [-0.2, -0.15) is 0 Å². The third-order valence-electron chi connectivity index (χ3n) is 6.78. The lowest BCUT2D eigenvalue weighted by atomic mass is 9.70. The Morgan fingerprint density at radius 1 is 1.12 bits per heavy atom. The molecule has 0 aromatic heterocycles. The molecule has 3 atom stereocenters. The molecule has 1 amide bonds. The molecule has 8 heteroatoms. The van der Waals surface area contributed by atoms with Crippen LogP contribution in [0.25, 0.3) is 0 Å². The number of benzene rings is 3. The second kappa shape index (κ2) is 7.60. The standard InChI is InChI=1S/C25H20FN3O4/c1-28-14-19(15-7-10-18(11-8-15)29(32)33)22(23(30)16-5-3-2-4-6-16)25(28)20-13-17(26)9-12-21(20)27-24(25)31/h2-13,19,22H,14H2,1H3,(H,27,31)/t19-,22+,25+/m0/s1. The van der Waals surface area contributed by atoms with Crippen molar-refractivity contribution in [2.75, 3.05) is 18.9 Å². The zero-order valence-electron chi connectivity index (χ0n) is 17.7. The van der Waals surface area contributed by atoms with Crippen LogP contribution in [0.15, 0.2) is 72.8 Å². The van der Waals surface area contributed by atoms with Gasteiger partial charge < -0.3 is 5.32 Å². The third kappa shape index (κ3) is 3.06. The second-order valence-corrected chi connectivity index (χ2v) is 8.45. The van der Waals surface area contributed by atoms with Crippen LogP contribution in [0, 0.1) is 21.8 Å². The van der Waals surface area contributed by atoms with Gasteiger partial charge in [-0.1, -0.05) is 42.5 Å². The van der Waals surface area contributed by atoms with Gasteiger partial charge in [0.2, 0.25) is 5.91 Å². The molecular weight excluding hydrogens is 425 g/mol.